The third kappa shape index (κ3) is 4.03. The van der Waals surface area contributed by atoms with Gasteiger partial charge in [-0.2, -0.15) is 0 Å². The van der Waals surface area contributed by atoms with Crippen LogP contribution in [0.5, 0.6) is 0 Å². The second-order valence-corrected chi connectivity index (χ2v) is 8.36. The Morgan fingerprint density at radius 2 is 1.48 bits per heavy atom. The largest absolute Gasteiger partial charge is 0.340 e. The topological polar surface area (TPSA) is 43.9 Å². The van der Waals surface area contributed by atoms with Crippen molar-refractivity contribution in [1.29, 1.82) is 0 Å². The molecule has 0 aromatic heterocycles. The first-order chi connectivity index (χ1) is 13.1. The van der Waals surface area contributed by atoms with E-state index in [1.165, 1.54) is 37.7 Å². The van der Waals surface area contributed by atoms with Gasteiger partial charge in [0.1, 0.15) is 0 Å². The second kappa shape index (κ2) is 8.01. The fraction of sp³-hybridized carbons (Fsp3) is 0.636. The van der Waals surface area contributed by atoms with Gasteiger partial charge in [0.05, 0.1) is 0 Å². The van der Waals surface area contributed by atoms with E-state index < -0.39 is 0 Å². The summed E-state index contributed by atoms with van der Waals surface area (Å²) in [6.07, 6.45) is 6.62. The van der Waals surface area contributed by atoms with Crippen molar-refractivity contribution in [3.8, 4) is 0 Å². The number of hydrogen-bond donors (Lipinski definition) is 0. The van der Waals surface area contributed by atoms with E-state index in [1.807, 2.05) is 21.9 Å². The fourth-order valence-corrected chi connectivity index (χ4v) is 4.77. The van der Waals surface area contributed by atoms with E-state index in [9.17, 15) is 9.59 Å². The predicted octanol–water partition coefficient (Wildman–Crippen LogP) is 2.72. The zero-order chi connectivity index (χ0) is 18.8. The number of nitrogens with zero attached hydrogens (tertiary/aromatic N) is 3. The average Bonchev–Trinajstić information content (AvgIpc) is 2.68. The lowest BCUT2D eigenvalue weighted by Crippen LogP contribution is -2.64. The molecule has 5 nitrogen and oxygen atoms in total. The summed E-state index contributed by atoms with van der Waals surface area (Å²) < 4.78 is 0. The van der Waals surface area contributed by atoms with Crippen molar-refractivity contribution < 1.29 is 9.59 Å². The first-order valence-corrected chi connectivity index (χ1v) is 10.5. The van der Waals surface area contributed by atoms with Gasteiger partial charge in [0.2, 0.25) is 5.91 Å². The third-order valence-electron chi connectivity index (χ3n) is 6.66. The van der Waals surface area contributed by atoms with E-state index >= 15 is 0 Å². The van der Waals surface area contributed by atoms with Crippen molar-refractivity contribution in [3.63, 3.8) is 0 Å². The summed E-state index contributed by atoms with van der Waals surface area (Å²) in [5.41, 5.74) is 2.21. The molecule has 0 spiro atoms. The minimum absolute atomic E-state index is 0.156. The number of likely N-dealkylation sites (tertiary alicyclic amines) is 1. The number of benzene rings is 1. The van der Waals surface area contributed by atoms with Gasteiger partial charge in [0, 0.05) is 57.8 Å². The van der Waals surface area contributed by atoms with Crippen LogP contribution in [0.4, 0.5) is 0 Å². The van der Waals surface area contributed by atoms with Gasteiger partial charge in [0.25, 0.3) is 5.91 Å². The Labute approximate surface area is 162 Å². The highest BCUT2D eigenvalue weighted by Crippen LogP contribution is 2.32. The lowest BCUT2D eigenvalue weighted by atomic mass is 9.84. The van der Waals surface area contributed by atoms with Crippen molar-refractivity contribution in [2.24, 2.45) is 0 Å². The molecule has 2 aliphatic heterocycles. The van der Waals surface area contributed by atoms with Crippen LogP contribution in [0.25, 0.3) is 0 Å². The number of hydrogen-bond acceptors (Lipinski definition) is 3. The quantitative estimate of drug-likeness (QED) is 0.823. The Bertz CT molecular complexity index is 667. The van der Waals surface area contributed by atoms with Gasteiger partial charge in [-0.3, -0.25) is 14.5 Å². The van der Waals surface area contributed by atoms with Crippen LogP contribution in [0, 0.1) is 0 Å². The zero-order valence-electron chi connectivity index (χ0n) is 16.4. The van der Waals surface area contributed by atoms with Crippen LogP contribution < -0.4 is 0 Å². The van der Waals surface area contributed by atoms with Crippen LogP contribution in [0.3, 0.4) is 0 Å². The summed E-state index contributed by atoms with van der Waals surface area (Å²) in [5.74, 6) is 1.01. The Hall–Kier alpha value is -1.88. The maximum Gasteiger partial charge on any atom is 0.253 e. The maximum atomic E-state index is 12.7. The first-order valence-electron chi connectivity index (χ1n) is 10.5. The maximum absolute atomic E-state index is 12.7. The van der Waals surface area contributed by atoms with Crippen molar-refractivity contribution in [2.75, 3.05) is 39.3 Å². The SMILES string of the molecule is CC(=O)N1CCN(C2CN(C(=O)c3ccc(C4CCCCC4)cc3)C2)CC1. The monoisotopic (exact) mass is 369 g/mol. The van der Waals surface area contributed by atoms with Crippen molar-refractivity contribution in [1.82, 2.24) is 14.7 Å². The first kappa shape index (κ1) is 18.5. The van der Waals surface area contributed by atoms with Crippen LogP contribution in [-0.4, -0.2) is 71.8 Å². The summed E-state index contributed by atoms with van der Waals surface area (Å²) in [6, 6.07) is 8.82. The van der Waals surface area contributed by atoms with E-state index in [4.69, 9.17) is 0 Å². The molecule has 27 heavy (non-hydrogen) atoms. The molecule has 3 aliphatic rings. The Morgan fingerprint density at radius 3 is 2.07 bits per heavy atom. The molecule has 2 amide bonds. The Morgan fingerprint density at radius 1 is 0.852 bits per heavy atom. The van der Waals surface area contributed by atoms with Crippen LogP contribution in [0.2, 0.25) is 0 Å². The van der Waals surface area contributed by atoms with Crippen LogP contribution in [0.15, 0.2) is 24.3 Å². The van der Waals surface area contributed by atoms with Gasteiger partial charge in [0.15, 0.2) is 0 Å². The average molecular weight is 370 g/mol. The Balaban J connectivity index is 1.27. The summed E-state index contributed by atoms with van der Waals surface area (Å²) in [5, 5.41) is 0. The number of amides is 2. The summed E-state index contributed by atoms with van der Waals surface area (Å²) in [4.78, 5) is 30.5. The molecule has 1 aromatic carbocycles. The third-order valence-corrected chi connectivity index (χ3v) is 6.66. The van der Waals surface area contributed by atoms with Gasteiger partial charge in [-0.05, 0) is 36.5 Å². The second-order valence-electron chi connectivity index (χ2n) is 8.36. The van der Waals surface area contributed by atoms with E-state index in [1.54, 1.807) is 6.92 Å². The molecule has 2 heterocycles. The highest BCUT2D eigenvalue weighted by molar-refractivity contribution is 5.94. The van der Waals surface area contributed by atoms with Crippen molar-refractivity contribution in [2.45, 2.75) is 51.0 Å². The van der Waals surface area contributed by atoms with Gasteiger partial charge in [-0.1, -0.05) is 31.4 Å². The minimum atomic E-state index is 0.156. The van der Waals surface area contributed by atoms with Crippen LogP contribution in [0.1, 0.15) is 60.9 Å². The molecule has 2 saturated heterocycles. The molecule has 0 atom stereocenters. The van der Waals surface area contributed by atoms with Gasteiger partial charge in [-0.25, -0.2) is 0 Å². The predicted molar refractivity (Wildman–Crippen MR) is 106 cm³/mol. The smallest absolute Gasteiger partial charge is 0.253 e. The Kier molecular flexibility index (Phi) is 5.48. The van der Waals surface area contributed by atoms with Gasteiger partial charge >= 0.3 is 0 Å². The fourth-order valence-electron chi connectivity index (χ4n) is 4.77. The molecule has 1 aromatic rings. The van der Waals surface area contributed by atoms with Crippen LogP contribution >= 0.6 is 0 Å². The minimum Gasteiger partial charge on any atom is -0.340 e. The molecule has 0 unspecified atom stereocenters. The van der Waals surface area contributed by atoms with E-state index in [-0.39, 0.29) is 11.8 Å². The van der Waals surface area contributed by atoms with E-state index in [0.29, 0.717) is 12.0 Å². The highest BCUT2D eigenvalue weighted by Gasteiger charge is 2.36. The van der Waals surface area contributed by atoms with Crippen molar-refractivity contribution >= 4 is 11.8 Å². The molecule has 3 fully saturated rings. The molecule has 4 rings (SSSR count). The summed E-state index contributed by atoms with van der Waals surface area (Å²) in [6.45, 7) is 6.71. The molecular weight excluding hydrogens is 338 g/mol. The summed E-state index contributed by atoms with van der Waals surface area (Å²) in [7, 11) is 0. The highest BCUT2D eigenvalue weighted by atomic mass is 16.2. The van der Waals surface area contributed by atoms with Crippen LogP contribution in [-0.2, 0) is 4.79 Å². The van der Waals surface area contributed by atoms with Crippen molar-refractivity contribution in [3.05, 3.63) is 35.4 Å². The molecule has 0 N–H and O–H groups in total. The van der Waals surface area contributed by atoms with E-state index in [2.05, 4.69) is 17.0 Å². The number of carbonyl (C=O) groups is 2. The normalized spacial score (nSPS) is 22.6. The lowest BCUT2D eigenvalue weighted by Gasteiger charge is -2.48. The van der Waals surface area contributed by atoms with Gasteiger partial charge in [-0.15, -0.1) is 0 Å². The molecule has 0 bridgehead atoms. The molecule has 5 heteroatoms. The molecule has 146 valence electrons. The number of piperazine rings is 1. The lowest BCUT2D eigenvalue weighted by molar-refractivity contribution is -0.131. The summed E-state index contributed by atoms with van der Waals surface area (Å²) >= 11 is 0. The molecular formula is C22H31N3O2. The standard InChI is InChI=1S/C22H31N3O2/c1-17(26)23-11-13-24(14-12-23)21-15-25(16-21)22(27)20-9-7-19(8-10-20)18-5-3-2-4-6-18/h7-10,18,21H,2-6,11-16H2,1H3. The molecule has 1 saturated carbocycles. The molecule has 0 radical (unpaired) electrons. The number of carbonyl (C=O) groups excluding carboxylic acids is 2. The number of rotatable bonds is 3. The van der Waals surface area contributed by atoms with E-state index in [0.717, 1.165) is 44.8 Å². The van der Waals surface area contributed by atoms with Gasteiger partial charge < -0.3 is 9.80 Å². The zero-order valence-corrected chi connectivity index (χ0v) is 16.4. The molecule has 1 aliphatic carbocycles.